The van der Waals surface area contributed by atoms with E-state index in [-0.39, 0.29) is 6.04 Å². The average Bonchev–Trinajstić information content (AvgIpc) is 2.38. The van der Waals surface area contributed by atoms with Gasteiger partial charge in [0.25, 0.3) is 0 Å². The number of rotatable bonds is 5. The van der Waals surface area contributed by atoms with Gasteiger partial charge in [0.05, 0.1) is 24.2 Å². The lowest BCUT2D eigenvalue weighted by Crippen LogP contribution is -2.37. The van der Waals surface area contributed by atoms with Crippen LogP contribution in [-0.4, -0.2) is 32.8 Å². The predicted molar refractivity (Wildman–Crippen MR) is 80.4 cm³/mol. The molecule has 1 unspecified atom stereocenters. The molecule has 0 amide bonds. The summed E-state index contributed by atoms with van der Waals surface area (Å²) in [6.45, 7) is 2.46. The normalized spacial score (nSPS) is 13.0. The van der Waals surface area contributed by atoms with Gasteiger partial charge >= 0.3 is 0 Å². The Kier molecular flexibility index (Phi) is 6.61. The number of aliphatic imine (C=N–C) groups is 1. The third-order valence-electron chi connectivity index (χ3n) is 2.31. The fourth-order valence-electron chi connectivity index (χ4n) is 1.49. The zero-order chi connectivity index (χ0) is 14.3. The maximum Gasteiger partial charge on any atom is 0.210 e. The second-order valence-corrected chi connectivity index (χ2v) is 4.76. The van der Waals surface area contributed by atoms with Crippen LogP contribution in [0.1, 0.15) is 6.92 Å². The number of nitrogens with zero attached hydrogens (tertiary/aromatic N) is 1. The topological polar surface area (TPSA) is 80.9 Å². The lowest BCUT2D eigenvalue weighted by Gasteiger charge is -2.13. The molecule has 19 heavy (non-hydrogen) atoms. The molecule has 7 heteroatoms. The van der Waals surface area contributed by atoms with Crippen LogP contribution in [-0.2, 0) is 4.74 Å². The van der Waals surface area contributed by atoms with Crippen molar-refractivity contribution in [2.45, 2.75) is 13.0 Å². The number of benzene rings is 1. The molecule has 0 bridgehead atoms. The molecule has 106 valence electrons. The predicted octanol–water partition coefficient (Wildman–Crippen LogP) is 1.72. The van der Waals surface area contributed by atoms with Gasteiger partial charge in [-0.2, -0.15) is 0 Å². The maximum absolute atomic E-state index is 5.44. The number of anilines is 1. The molecule has 1 aromatic carbocycles. The summed E-state index contributed by atoms with van der Waals surface area (Å²) in [7, 11) is 3.25. The highest BCUT2D eigenvalue weighted by Crippen LogP contribution is 2.27. The standard InChI is InChI=1S/C12H19BrN4O2/c1-8(7-18-2)15-12(17-14)16-9-4-5-11(19-3)10(13)6-9/h4-6,8H,7,14H2,1-3H3,(H2,15,16,17). The number of hydrogen-bond donors (Lipinski definition) is 3. The van der Waals surface area contributed by atoms with Gasteiger partial charge in [-0.3, -0.25) is 5.43 Å². The molecule has 6 nitrogen and oxygen atoms in total. The highest BCUT2D eigenvalue weighted by Gasteiger charge is 2.05. The van der Waals surface area contributed by atoms with Gasteiger partial charge in [-0.15, -0.1) is 0 Å². The van der Waals surface area contributed by atoms with Crippen LogP contribution in [0.25, 0.3) is 0 Å². The van der Waals surface area contributed by atoms with Crippen molar-refractivity contribution in [2.24, 2.45) is 10.8 Å². The van der Waals surface area contributed by atoms with Gasteiger partial charge in [0, 0.05) is 12.8 Å². The number of ether oxygens (including phenoxy) is 2. The van der Waals surface area contributed by atoms with Gasteiger partial charge in [-0.25, -0.2) is 10.8 Å². The minimum Gasteiger partial charge on any atom is -0.496 e. The molecule has 1 atom stereocenters. The van der Waals surface area contributed by atoms with Crippen LogP contribution in [0, 0.1) is 0 Å². The SMILES string of the molecule is COCC(C)N=C(NN)Nc1ccc(OC)c(Br)c1. The molecule has 0 heterocycles. The van der Waals surface area contributed by atoms with Crippen LogP contribution in [0.5, 0.6) is 5.75 Å². The van der Waals surface area contributed by atoms with E-state index in [4.69, 9.17) is 15.3 Å². The molecule has 0 fully saturated rings. The number of methoxy groups -OCH3 is 2. The Morgan fingerprint density at radius 2 is 2.21 bits per heavy atom. The number of hydrazine groups is 1. The molecular weight excluding hydrogens is 312 g/mol. The summed E-state index contributed by atoms with van der Waals surface area (Å²) in [5, 5.41) is 3.08. The Balaban J connectivity index is 2.78. The largest absolute Gasteiger partial charge is 0.496 e. The second-order valence-electron chi connectivity index (χ2n) is 3.90. The molecule has 0 saturated heterocycles. The summed E-state index contributed by atoms with van der Waals surface area (Å²) in [4.78, 5) is 4.35. The molecule has 0 aromatic heterocycles. The van der Waals surface area contributed by atoms with Crippen molar-refractivity contribution < 1.29 is 9.47 Å². The fourth-order valence-corrected chi connectivity index (χ4v) is 2.03. The highest BCUT2D eigenvalue weighted by molar-refractivity contribution is 9.10. The van der Waals surface area contributed by atoms with Gasteiger partial charge in [-0.05, 0) is 41.1 Å². The van der Waals surface area contributed by atoms with Crippen molar-refractivity contribution in [3.63, 3.8) is 0 Å². The first kappa shape index (κ1) is 15.7. The Morgan fingerprint density at radius 1 is 1.47 bits per heavy atom. The van der Waals surface area contributed by atoms with Crippen molar-refractivity contribution in [1.29, 1.82) is 0 Å². The zero-order valence-electron chi connectivity index (χ0n) is 11.2. The summed E-state index contributed by atoms with van der Waals surface area (Å²) in [5.41, 5.74) is 3.37. The van der Waals surface area contributed by atoms with Gasteiger partial charge in [0.1, 0.15) is 5.75 Å². The minimum absolute atomic E-state index is 0.00485. The Labute approximate surface area is 121 Å². The smallest absolute Gasteiger partial charge is 0.210 e. The second kappa shape index (κ2) is 7.98. The van der Waals surface area contributed by atoms with Crippen LogP contribution in [0.4, 0.5) is 5.69 Å². The van der Waals surface area contributed by atoms with Crippen molar-refractivity contribution in [2.75, 3.05) is 26.1 Å². The first-order valence-corrected chi connectivity index (χ1v) is 6.54. The molecular formula is C12H19BrN4O2. The van der Waals surface area contributed by atoms with Crippen LogP contribution >= 0.6 is 15.9 Å². The quantitative estimate of drug-likeness (QED) is 0.331. The minimum atomic E-state index is 0.00485. The summed E-state index contributed by atoms with van der Waals surface area (Å²) < 4.78 is 11.0. The number of halogens is 1. The number of hydrogen-bond acceptors (Lipinski definition) is 4. The first-order chi connectivity index (χ1) is 9.10. The van der Waals surface area contributed by atoms with Crippen LogP contribution in [0.2, 0.25) is 0 Å². The summed E-state index contributed by atoms with van der Waals surface area (Å²) in [5.74, 6) is 6.67. The van der Waals surface area contributed by atoms with Crippen molar-refractivity contribution in [1.82, 2.24) is 5.43 Å². The van der Waals surface area contributed by atoms with Crippen molar-refractivity contribution >= 4 is 27.6 Å². The number of nitrogens with two attached hydrogens (primary N) is 1. The molecule has 4 N–H and O–H groups in total. The lowest BCUT2D eigenvalue weighted by atomic mass is 10.3. The van der Waals surface area contributed by atoms with Crippen LogP contribution in [0.15, 0.2) is 27.7 Å². The third-order valence-corrected chi connectivity index (χ3v) is 2.93. The summed E-state index contributed by atoms with van der Waals surface area (Å²) >= 11 is 3.42. The van der Waals surface area contributed by atoms with E-state index in [0.29, 0.717) is 12.6 Å². The molecule has 0 aliphatic carbocycles. The van der Waals surface area contributed by atoms with E-state index in [1.54, 1.807) is 14.2 Å². The molecule has 1 aromatic rings. The molecule has 0 saturated carbocycles. The maximum atomic E-state index is 5.44. The summed E-state index contributed by atoms with van der Waals surface area (Å²) in [6, 6.07) is 5.61. The fraction of sp³-hybridized carbons (Fsp3) is 0.417. The molecule has 0 spiro atoms. The van der Waals surface area contributed by atoms with E-state index in [0.717, 1.165) is 15.9 Å². The van der Waals surface area contributed by atoms with Gasteiger partial charge in [0.2, 0.25) is 5.96 Å². The molecule has 0 radical (unpaired) electrons. The Bertz CT molecular complexity index is 440. The van der Waals surface area contributed by atoms with Gasteiger partial charge in [0.15, 0.2) is 0 Å². The molecule has 0 aliphatic heterocycles. The summed E-state index contributed by atoms with van der Waals surface area (Å²) in [6.07, 6.45) is 0. The third kappa shape index (κ3) is 5.06. The Morgan fingerprint density at radius 3 is 2.74 bits per heavy atom. The number of guanidine groups is 1. The van der Waals surface area contributed by atoms with E-state index in [1.165, 1.54) is 0 Å². The van der Waals surface area contributed by atoms with Gasteiger partial charge < -0.3 is 14.8 Å². The molecule has 0 aliphatic rings. The van der Waals surface area contributed by atoms with Crippen LogP contribution < -0.4 is 21.3 Å². The Hall–Kier alpha value is -1.31. The van der Waals surface area contributed by atoms with Gasteiger partial charge in [-0.1, -0.05) is 0 Å². The monoisotopic (exact) mass is 330 g/mol. The average molecular weight is 331 g/mol. The van der Waals surface area contributed by atoms with E-state index < -0.39 is 0 Å². The first-order valence-electron chi connectivity index (χ1n) is 5.74. The van der Waals surface area contributed by atoms with E-state index in [1.807, 2.05) is 25.1 Å². The van der Waals surface area contributed by atoms with E-state index in [2.05, 4.69) is 31.7 Å². The van der Waals surface area contributed by atoms with E-state index in [9.17, 15) is 0 Å². The lowest BCUT2D eigenvalue weighted by molar-refractivity contribution is 0.185. The zero-order valence-corrected chi connectivity index (χ0v) is 12.8. The van der Waals surface area contributed by atoms with Crippen molar-refractivity contribution in [3.05, 3.63) is 22.7 Å². The molecule has 1 rings (SSSR count). The van der Waals surface area contributed by atoms with Crippen molar-refractivity contribution in [3.8, 4) is 5.75 Å². The highest BCUT2D eigenvalue weighted by atomic mass is 79.9. The van der Waals surface area contributed by atoms with E-state index >= 15 is 0 Å². The number of nitrogens with one attached hydrogen (secondary N) is 2. The van der Waals surface area contributed by atoms with Crippen LogP contribution in [0.3, 0.4) is 0 Å².